The Morgan fingerprint density at radius 3 is 1.16 bits per heavy atom. The molecule has 0 radical (unpaired) electrons. The number of benzene rings is 10. The zero-order valence-corrected chi connectivity index (χ0v) is 37.2. The standard InChI is InChI=1S/C60H46B2N2/c1-33(2)39-29-41-45-25-35(5)27-53-59(45)62(48-22-14-16-24-52(48)63(53)37-17-9-7-10-18-37)50-32-44-40(34(3)4)30-42-46-26-36(6)28-54-60(46)61(49-31-43(39)57(55(41)50)58(44)56(42)49)47-21-13-15-23-51(47)64(54)38-19-11-8-12-20-38/h7-34H,1-6H3. The molecule has 2 nitrogen and oxygen atoms in total. The lowest BCUT2D eigenvalue weighted by atomic mass is 9.31. The fourth-order valence-corrected chi connectivity index (χ4v) is 12.9. The van der Waals surface area contributed by atoms with E-state index in [2.05, 4.69) is 209 Å². The third-order valence-electron chi connectivity index (χ3n) is 15.3. The molecule has 14 rings (SSSR count). The van der Waals surface area contributed by atoms with E-state index in [0.29, 0.717) is 11.8 Å². The molecule has 10 aromatic rings. The summed E-state index contributed by atoms with van der Waals surface area (Å²) in [6.45, 7) is 14.4. The number of fused-ring (bicyclic) bond motifs is 8. The molecule has 0 bridgehead atoms. The van der Waals surface area contributed by atoms with E-state index in [1.54, 1.807) is 0 Å². The van der Waals surface area contributed by atoms with Crippen LogP contribution in [0, 0.1) is 13.8 Å². The quantitative estimate of drug-likeness (QED) is 0.129. The van der Waals surface area contributed by atoms with Crippen LogP contribution in [0.1, 0.15) is 61.8 Å². The first kappa shape index (κ1) is 36.5. The first-order chi connectivity index (χ1) is 31.3. The second-order valence-electron chi connectivity index (χ2n) is 19.7. The lowest BCUT2D eigenvalue weighted by Gasteiger charge is -2.42. The van der Waals surface area contributed by atoms with Crippen LogP contribution in [0.15, 0.2) is 158 Å². The Labute approximate surface area is 376 Å². The van der Waals surface area contributed by atoms with E-state index in [9.17, 15) is 0 Å². The number of aryl methyl sites for hydroxylation is 2. The highest BCUT2D eigenvalue weighted by molar-refractivity contribution is 7.02. The Morgan fingerprint density at radius 1 is 0.359 bits per heavy atom. The summed E-state index contributed by atoms with van der Waals surface area (Å²) in [4.78, 5) is 5.06. The van der Waals surface area contributed by atoms with Crippen molar-refractivity contribution in [2.24, 2.45) is 0 Å². The van der Waals surface area contributed by atoms with Crippen LogP contribution in [-0.4, -0.2) is 13.4 Å². The molecule has 0 saturated heterocycles. The lowest BCUT2D eigenvalue weighted by molar-refractivity contribution is 0.876. The van der Waals surface area contributed by atoms with E-state index in [1.165, 1.54) is 144 Å². The van der Waals surface area contributed by atoms with Crippen LogP contribution in [0.25, 0.3) is 54.6 Å². The molecule has 64 heavy (non-hydrogen) atoms. The van der Waals surface area contributed by atoms with Gasteiger partial charge in [0.1, 0.15) is 0 Å². The molecular weight excluding hydrogens is 770 g/mol. The molecule has 0 N–H and O–H groups in total. The van der Waals surface area contributed by atoms with Crippen molar-refractivity contribution in [1.29, 1.82) is 0 Å². The predicted octanol–water partition coefficient (Wildman–Crippen LogP) is 12.0. The Kier molecular flexibility index (Phi) is 7.29. The zero-order valence-electron chi connectivity index (χ0n) is 37.2. The van der Waals surface area contributed by atoms with Crippen LogP contribution in [0.5, 0.6) is 0 Å². The van der Waals surface area contributed by atoms with Gasteiger partial charge in [-0.3, -0.25) is 0 Å². The van der Waals surface area contributed by atoms with Gasteiger partial charge in [-0.1, -0.05) is 136 Å². The zero-order chi connectivity index (χ0) is 42.9. The Balaban J connectivity index is 1.17. The highest BCUT2D eigenvalue weighted by Crippen LogP contribution is 2.51. The average molecular weight is 817 g/mol. The van der Waals surface area contributed by atoms with Crippen LogP contribution in [-0.2, 0) is 0 Å². The second kappa shape index (κ2) is 12.8. The van der Waals surface area contributed by atoms with Gasteiger partial charge in [-0.2, -0.15) is 0 Å². The van der Waals surface area contributed by atoms with E-state index in [1.807, 2.05) is 0 Å². The van der Waals surface area contributed by atoms with Crippen molar-refractivity contribution in [3.8, 4) is 22.3 Å². The monoisotopic (exact) mass is 816 g/mol. The van der Waals surface area contributed by atoms with Gasteiger partial charge in [-0.25, -0.2) is 0 Å². The number of rotatable bonds is 4. The minimum absolute atomic E-state index is 0.0953. The van der Waals surface area contributed by atoms with Crippen molar-refractivity contribution in [3.05, 3.63) is 180 Å². The molecule has 10 aromatic carbocycles. The van der Waals surface area contributed by atoms with Crippen LogP contribution in [0.3, 0.4) is 0 Å². The van der Waals surface area contributed by atoms with E-state index in [4.69, 9.17) is 0 Å². The molecule has 4 aliphatic rings. The van der Waals surface area contributed by atoms with Crippen LogP contribution in [0.2, 0.25) is 0 Å². The van der Waals surface area contributed by atoms with Gasteiger partial charge in [0.05, 0.1) is 0 Å². The van der Waals surface area contributed by atoms with E-state index in [0.717, 1.165) is 0 Å². The lowest BCUT2D eigenvalue weighted by Crippen LogP contribution is -2.60. The van der Waals surface area contributed by atoms with Crippen LogP contribution in [0.4, 0.5) is 34.1 Å². The van der Waals surface area contributed by atoms with Gasteiger partial charge < -0.3 is 9.80 Å². The summed E-state index contributed by atoms with van der Waals surface area (Å²) in [6.07, 6.45) is 0. The summed E-state index contributed by atoms with van der Waals surface area (Å²) in [5.41, 5.74) is 27.0. The summed E-state index contributed by atoms with van der Waals surface area (Å²) in [7, 11) is 0. The predicted molar refractivity (Wildman–Crippen MR) is 277 cm³/mol. The number of para-hydroxylation sites is 4. The molecule has 0 spiro atoms. The molecule has 0 amide bonds. The second-order valence-corrected chi connectivity index (χ2v) is 19.7. The van der Waals surface area contributed by atoms with Crippen molar-refractivity contribution < 1.29 is 0 Å². The Hall–Kier alpha value is -7.03. The van der Waals surface area contributed by atoms with Crippen molar-refractivity contribution in [2.45, 2.75) is 53.4 Å². The maximum atomic E-state index is 2.67. The van der Waals surface area contributed by atoms with Crippen LogP contribution >= 0.6 is 0 Å². The Bertz CT molecular complexity index is 3420. The normalized spacial score (nSPS) is 13.9. The molecule has 0 aliphatic carbocycles. The maximum absolute atomic E-state index is 2.67. The highest BCUT2D eigenvalue weighted by atomic mass is 15.2. The van der Waals surface area contributed by atoms with Gasteiger partial charge in [0.15, 0.2) is 0 Å². The number of hydrogen-bond acceptors (Lipinski definition) is 2. The minimum Gasteiger partial charge on any atom is -0.311 e. The number of nitrogens with zero attached hydrogens (tertiary/aromatic N) is 2. The molecule has 0 unspecified atom stereocenters. The Morgan fingerprint density at radius 2 is 0.750 bits per heavy atom. The molecule has 0 aromatic heterocycles. The SMILES string of the molecule is Cc1cc2c3c(c1)N(c1ccccc1)c1ccccc1B3c1cc3c(C(C)C)cc4c5c(cc6c(C(C)C)cc-2c1c6c35)B1c2ccccc2N(c2ccccc2)c2cc(C)cc-4c21. The fraction of sp³-hybridized carbons (Fsp3) is 0.133. The molecule has 0 saturated carbocycles. The first-order valence-electron chi connectivity index (χ1n) is 23.3. The largest absolute Gasteiger partial charge is 0.311 e. The van der Waals surface area contributed by atoms with Gasteiger partial charge in [-0.15, -0.1) is 0 Å². The van der Waals surface area contributed by atoms with Gasteiger partial charge in [0.2, 0.25) is 13.4 Å². The summed E-state index contributed by atoms with van der Waals surface area (Å²) >= 11 is 0. The van der Waals surface area contributed by atoms with E-state index >= 15 is 0 Å². The molecule has 0 atom stereocenters. The fourth-order valence-electron chi connectivity index (χ4n) is 12.9. The summed E-state index contributed by atoms with van der Waals surface area (Å²) < 4.78 is 0. The van der Waals surface area contributed by atoms with Gasteiger partial charge in [0, 0.05) is 34.1 Å². The van der Waals surface area contributed by atoms with Crippen LogP contribution < -0.4 is 42.6 Å². The summed E-state index contributed by atoms with van der Waals surface area (Å²) in [5.74, 6) is 0.642. The van der Waals surface area contributed by atoms with Gasteiger partial charge in [-0.05, 0) is 185 Å². The molecule has 302 valence electrons. The van der Waals surface area contributed by atoms with Crippen molar-refractivity contribution >= 4 is 113 Å². The molecule has 4 aliphatic heterocycles. The van der Waals surface area contributed by atoms with E-state index < -0.39 is 0 Å². The van der Waals surface area contributed by atoms with Crippen molar-refractivity contribution in [2.75, 3.05) is 9.80 Å². The molecule has 0 fully saturated rings. The summed E-state index contributed by atoms with van der Waals surface area (Å²) in [6, 6.07) is 60.9. The van der Waals surface area contributed by atoms with E-state index in [-0.39, 0.29) is 13.4 Å². The third-order valence-corrected chi connectivity index (χ3v) is 15.3. The third kappa shape index (κ3) is 4.58. The topological polar surface area (TPSA) is 6.48 Å². The smallest absolute Gasteiger partial charge is 0.248 e. The highest BCUT2D eigenvalue weighted by Gasteiger charge is 2.45. The average Bonchev–Trinajstić information content (AvgIpc) is 3.31. The summed E-state index contributed by atoms with van der Waals surface area (Å²) in [5, 5.41) is 8.64. The maximum Gasteiger partial charge on any atom is 0.248 e. The van der Waals surface area contributed by atoms with Crippen molar-refractivity contribution in [1.82, 2.24) is 0 Å². The number of hydrogen-bond donors (Lipinski definition) is 0. The number of anilines is 6. The minimum atomic E-state index is 0.0953. The molecule has 4 heterocycles. The van der Waals surface area contributed by atoms with Gasteiger partial charge in [0.25, 0.3) is 0 Å². The van der Waals surface area contributed by atoms with Gasteiger partial charge >= 0.3 is 0 Å². The van der Waals surface area contributed by atoms with Crippen molar-refractivity contribution in [3.63, 3.8) is 0 Å². The first-order valence-corrected chi connectivity index (χ1v) is 23.3. The molecule has 4 heteroatoms. The molecular formula is C60H46B2N2.